The second-order valence-corrected chi connectivity index (χ2v) is 7.74. The molecule has 0 N–H and O–H groups in total. The molecule has 1 unspecified atom stereocenters. The Labute approximate surface area is 129 Å². The average Bonchev–Trinajstić information content (AvgIpc) is 2.40. The number of methoxy groups -OCH3 is 1. The summed E-state index contributed by atoms with van der Waals surface area (Å²) < 4.78 is 10.3. The van der Waals surface area contributed by atoms with E-state index >= 15 is 0 Å². The first-order valence-corrected chi connectivity index (χ1v) is 8.13. The van der Waals surface area contributed by atoms with Crippen LogP contribution in [0.1, 0.15) is 52.9 Å². The van der Waals surface area contributed by atoms with E-state index in [4.69, 9.17) is 4.74 Å². The van der Waals surface area contributed by atoms with E-state index < -0.39 is 0 Å². The van der Waals surface area contributed by atoms with Crippen LogP contribution in [0.4, 0.5) is 0 Å². The van der Waals surface area contributed by atoms with Gasteiger partial charge in [-0.1, -0.05) is 39.3 Å². The van der Waals surface area contributed by atoms with E-state index in [1.165, 1.54) is 38.4 Å². The van der Waals surface area contributed by atoms with Gasteiger partial charge in [0.1, 0.15) is 6.61 Å². The largest absolute Gasteiger partial charge is 0.467 e. The summed E-state index contributed by atoms with van der Waals surface area (Å²) in [6, 6.07) is 0. The van der Waals surface area contributed by atoms with Crippen molar-refractivity contribution in [1.29, 1.82) is 0 Å². The summed E-state index contributed by atoms with van der Waals surface area (Å²) in [7, 11) is 1.40. The summed E-state index contributed by atoms with van der Waals surface area (Å²) >= 11 is 0. The van der Waals surface area contributed by atoms with Crippen molar-refractivity contribution >= 4 is 5.97 Å². The third-order valence-corrected chi connectivity index (χ3v) is 6.05. The first-order chi connectivity index (χ1) is 9.81. The minimum Gasteiger partial charge on any atom is -0.467 e. The normalized spacial score (nSPS) is 35.1. The highest BCUT2D eigenvalue weighted by Crippen LogP contribution is 2.60. The van der Waals surface area contributed by atoms with Crippen molar-refractivity contribution < 1.29 is 14.3 Å². The van der Waals surface area contributed by atoms with Gasteiger partial charge in [-0.25, -0.2) is 4.79 Å². The van der Waals surface area contributed by atoms with Crippen LogP contribution in [0.15, 0.2) is 12.2 Å². The van der Waals surface area contributed by atoms with Gasteiger partial charge < -0.3 is 9.47 Å². The summed E-state index contributed by atoms with van der Waals surface area (Å²) in [5.41, 5.74) is 1.96. The standard InChI is InChI=1S/C18H30O3/c1-13-7-8-15-17(2,3)9-6-10-18(15,4)14(13)11-21-12-16(19)20-5/h14-15H,1,6-12H2,2-5H3/t14-,15?,18+/m0/s1. The molecule has 0 radical (unpaired) electrons. The van der Waals surface area contributed by atoms with Crippen molar-refractivity contribution in [2.24, 2.45) is 22.7 Å². The predicted octanol–water partition coefficient (Wildman–Crippen LogP) is 3.97. The van der Waals surface area contributed by atoms with Gasteiger partial charge in [-0.15, -0.1) is 0 Å². The maximum Gasteiger partial charge on any atom is 0.331 e. The number of fused-ring (bicyclic) bond motifs is 1. The lowest BCUT2D eigenvalue weighted by molar-refractivity contribution is -0.148. The lowest BCUT2D eigenvalue weighted by atomic mass is 9.48. The fourth-order valence-corrected chi connectivity index (χ4v) is 4.90. The van der Waals surface area contributed by atoms with Gasteiger partial charge >= 0.3 is 5.97 Å². The Bertz CT molecular complexity index is 413. The van der Waals surface area contributed by atoms with Gasteiger partial charge in [0.15, 0.2) is 0 Å². The Hall–Kier alpha value is -0.830. The Balaban J connectivity index is 2.10. The zero-order valence-corrected chi connectivity index (χ0v) is 14.0. The van der Waals surface area contributed by atoms with Crippen LogP contribution in [0.25, 0.3) is 0 Å². The van der Waals surface area contributed by atoms with Gasteiger partial charge in [0.25, 0.3) is 0 Å². The number of hydrogen-bond acceptors (Lipinski definition) is 3. The molecule has 0 aromatic rings. The third kappa shape index (κ3) is 3.18. The van der Waals surface area contributed by atoms with Crippen LogP contribution in [-0.2, 0) is 14.3 Å². The molecule has 0 amide bonds. The summed E-state index contributed by atoms with van der Waals surface area (Å²) in [4.78, 5) is 11.2. The van der Waals surface area contributed by atoms with E-state index in [1.807, 2.05) is 0 Å². The average molecular weight is 294 g/mol. The molecule has 3 atom stereocenters. The van der Waals surface area contributed by atoms with Crippen LogP contribution >= 0.6 is 0 Å². The van der Waals surface area contributed by atoms with Crippen molar-refractivity contribution in [2.75, 3.05) is 20.3 Å². The predicted molar refractivity (Wildman–Crippen MR) is 83.9 cm³/mol. The van der Waals surface area contributed by atoms with E-state index in [-0.39, 0.29) is 18.0 Å². The highest BCUT2D eigenvalue weighted by molar-refractivity contribution is 5.70. The second kappa shape index (κ2) is 6.12. The summed E-state index contributed by atoms with van der Waals surface area (Å²) in [5.74, 6) is 0.776. The third-order valence-electron chi connectivity index (χ3n) is 6.05. The molecule has 2 aliphatic carbocycles. The number of rotatable bonds is 4. The van der Waals surface area contributed by atoms with Gasteiger partial charge in [-0.3, -0.25) is 0 Å². The van der Waals surface area contributed by atoms with E-state index in [0.717, 1.165) is 12.3 Å². The maximum atomic E-state index is 11.2. The maximum absolute atomic E-state index is 11.2. The smallest absolute Gasteiger partial charge is 0.331 e. The summed E-state index contributed by atoms with van der Waals surface area (Å²) in [6.45, 7) is 12.2. The summed E-state index contributed by atoms with van der Waals surface area (Å²) in [6.07, 6.45) is 6.17. The molecule has 21 heavy (non-hydrogen) atoms. The quantitative estimate of drug-likeness (QED) is 0.581. The van der Waals surface area contributed by atoms with Crippen LogP contribution in [0, 0.1) is 22.7 Å². The van der Waals surface area contributed by atoms with Crippen LogP contribution in [0.2, 0.25) is 0 Å². The zero-order valence-electron chi connectivity index (χ0n) is 14.0. The van der Waals surface area contributed by atoms with Crippen molar-refractivity contribution in [3.63, 3.8) is 0 Å². The van der Waals surface area contributed by atoms with Crippen LogP contribution in [0.3, 0.4) is 0 Å². The number of hydrogen-bond donors (Lipinski definition) is 0. The molecule has 2 rings (SSSR count). The highest BCUT2D eigenvalue weighted by atomic mass is 16.6. The van der Waals surface area contributed by atoms with Gasteiger partial charge in [-0.05, 0) is 42.4 Å². The molecule has 0 heterocycles. The first kappa shape index (κ1) is 16.5. The van der Waals surface area contributed by atoms with E-state index in [1.54, 1.807) is 0 Å². The van der Waals surface area contributed by atoms with Crippen LogP contribution in [0.5, 0.6) is 0 Å². The van der Waals surface area contributed by atoms with Crippen molar-refractivity contribution in [2.45, 2.75) is 52.9 Å². The molecule has 0 saturated heterocycles. The minimum absolute atomic E-state index is 0.0461. The zero-order chi connectivity index (χ0) is 15.7. The minimum atomic E-state index is -0.304. The van der Waals surface area contributed by atoms with Gasteiger partial charge in [0, 0.05) is 5.92 Å². The lowest BCUT2D eigenvalue weighted by Gasteiger charge is -2.57. The molecule has 2 saturated carbocycles. The van der Waals surface area contributed by atoms with Gasteiger partial charge in [-0.2, -0.15) is 0 Å². The van der Waals surface area contributed by atoms with Crippen molar-refractivity contribution in [1.82, 2.24) is 0 Å². The molecular formula is C18H30O3. The number of esters is 1. The molecule has 0 aromatic heterocycles. The Morgan fingerprint density at radius 3 is 2.71 bits per heavy atom. The number of ether oxygens (including phenoxy) is 2. The molecule has 120 valence electrons. The highest BCUT2D eigenvalue weighted by Gasteiger charge is 2.52. The molecule has 2 fully saturated rings. The van der Waals surface area contributed by atoms with E-state index in [2.05, 4.69) is 32.1 Å². The monoisotopic (exact) mass is 294 g/mol. The van der Waals surface area contributed by atoms with Crippen molar-refractivity contribution in [3.8, 4) is 0 Å². The molecule has 0 aliphatic heterocycles. The molecule has 2 aliphatic rings. The number of carbonyl (C=O) groups is 1. The Morgan fingerprint density at radius 2 is 2.05 bits per heavy atom. The second-order valence-electron chi connectivity index (χ2n) is 7.74. The SMILES string of the molecule is C=C1CCC2C(C)(C)CCC[C@]2(C)[C@H]1COCC(=O)OC. The first-order valence-electron chi connectivity index (χ1n) is 8.13. The molecule has 0 bridgehead atoms. The molecule has 0 aromatic carbocycles. The molecular weight excluding hydrogens is 264 g/mol. The van der Waals surface area contributed by atoms with Crippen molar-refractivity contribution in [3.05, 3.63) is 12.2 Å². The topological polar surface area (TPSA) is 35.5 Å². The molecule has 3 nitrogen and oxygen atoms in total. The fraction of sp³-hybridized carbons (Fsp3) is 0.833. The van der Waals surface area contributed by atoms with Gasteiger partial charge in [0.05, 0.1) is 13.7 Å². The lowest BCUT2D eigenvalue weighted by Crippen LogP contribution is -2.50. The molecule has 3 heteroatoms. The van der Waals surface area contributed by atoms with E-state index in [9.17, 15) is 4.79 Å². The number of carbonyl (C=O) groups excluding carboxylic acids is 1. The van der Waals surface area contributed by atoms with Gasteiger partial charge in [0.2, 0.25) is 0 Å². The Morgan fingerprint density at radius 1 is 1.33 bits per heavy atom. The fourth-order valence-electron chi connectivity index (χ4n) is 4.90. The summed E-state index contributed by atoms with van der Waals surface area (Å²) in [5, 5.41) is 0. The van der Waals surface area contributed by atoms with Crippen LogP contribution < -0.4 is 0 Å². The van der Waals surface area contributed by atoms with E-state index in [0.29, 0.717) is 17.9 Å². The Kier molecular flexibility index (Phi) is 4.82. The molecule has 0 spiro atoms. The van der Waals surface area contributed by atoms with Crippen LogP contribution in [-0.4, -0.2) is 26.3 Å².